The van der Waals surface area contributed by atoms with Crippen molar-refractivity contribution >= 4 is 33.5 Å². The number of carbonyl (C=O) groups excluding carboxylic acids is 1. The van der Waals surface area contributed by atoms with E-state index in [1.807, 2.05) is 0 Å². The zero-order valence-corrected chi connectivity index (χ0v) is 24.6. The van der Waals surface area contributed by atoms with Crippen molar-refractivity contribution in [1.82, 2.24) is 4.98 Å². The molecule has 244 valence electrons. The summed E-state index contributed by atoms with van der Waals surface area (Å²) in [7, 11) is -6.23. The molecule has 17 heteroatoms. The Balaban J connectivity index is 1.67. The second-order valence-corrected chi connectivity index (χ2v) is 12.5. The molecule has 4 rings (SSSR count). The van der Waals surface area contributed by atoms with E-state index < -0.39 is 62.1 Å². The van der Waals surface area contributed by atoms with E-state index in [9.17, 15) is 54.7 Å². The quantitative estimate of drug-likeness (QED) is 0.130. The van der Waals surface area contributed by atoms with E-state index in [1.165, 1.54) is 36.4 Å². The van der Waals surface area contributed by atoms with Gasteiger partial charge < -0.3 is 19.9 Å². The van der Waals surface area contributed by atoms with Gasteiger partial charge in [-0.1, -0.05) is 32.0 Å². The Morgan fingerprint density at radius 1 is 1.04 bits per heavy atom. The lowest BCUT2D eigenvalue weighted by atomic mass is 9.53. The maximum Gasteiger partial charge on any atom is 0.534 e. The number of urea groups is 1. The minimum Gasteiger partial charge on any atom is -0.481 e. The van der Waals surface area contributed by atoms with E-state index in [-0.39, 0.29) is 47.0 Å². The van der Waals surface area contributed by atoms with Crippen molar-refractivity contribution in [2.24, 2.45) is 11.3 Å². The SMILES string of the molecule is CC1(C)[C@H](CC(=O)O)C[C@@H]1c1cc(-c2ccc(NC(=O)Nc3cccc(C(F)(F)F)c3)cc2)c(C#N)c(OS(=O)(=O)C(F)(F)F)n1. The molecule has 3 N–H and O–H groups in total. The van der Waals surface area contributed by atoms with E-state index in [0.717, 1.165) is 18.2 Å². The molecule has 2 atom stereocenters. The van der Waals surface area contributed by atoms with Crippen LogP contribution in [0.25, 0.3) is 11.1 Å². The van der Waals surface area contributed by atoms with E-state index in [1.54, 1.807) is 19.9 Å². The smallest absolute Gasteiger partial charge is 0.481 e. The van der Waals surface area contributed by atoms with Gasteiger partial charge in [0.25, 0.3) is 5.88 Å². The molecule has 1 saturated carbocycles. The molecule has 10 nitrogen and oxygen atoms in total. The number of benzene rings is 2. The topological polar surface area (TPSA) is 158 Å². The van der Waals surface area contributed by atoms with Crippen molar-refractivity contribution in [2.45, 2.75) is 44.3 Å². The molecule has 0 spiro atoms. The van der Waals surface area contributed by atoms with Crippen molar-refractivity contribution in [1.29, 1.82) is 5.26 Å². The highest BCUT2D eigenvalue weighted by atomic mass is 32.2. The predicted molar refractivity (Wildman–Crippen MR) is 151 cm³/mol. The number of nitrogens with one attached hydrogen (secondary N) is 2. The number of rotatable bonds is 8. The van der Waals surface area contributed by atoms with Gasteiger partial charge in [-0.2, -0.15) is 40.0 Å². The van der Waals surface area contributed by atoms with Gasteiger partial charge in [0.15, 0.2) is 0 Å². The van der Waals surface area contributed by atoms with Gasteiger partial charge in [-0.3, -0.25) is 4.79 Å². The zero-order valence-electron chi connectivity index (χ0n) is 23.8. The van der Waals surface area contributed by atoms with Gasteiger partial charge in [-0.05, 0) is 59.7 Å². The van der Waals surface area contributed by atoms with Crippen LogP contribution in [-0.4, -0.2) is 36.0 Å². The van der Waals surface area contributed by atoms with Crippen LogP contribution in [0.2, 0.25) is 0 Å². The van der Waals surface area contributed by atoms with Crippen LogP contribution in [0, 0.1) is 22.7 Å². The maximum atomic E-state index is 13.2. The molecular weight excluding hydrogens is 646 g/mol. The van der Waals surface area contributed by atoms with E-state index in [4.69, 9.17) is 0 Å². The minimum atomic E-state index is -6.23. The number of hydrogen-bond donors (Lipinski definition) is 3. The van der Waals surface area contributed by atoms with Crippen LogP contribution in [0.5, 0.6) is 5.88 Å². The molecule has 1 aromatic heterocycles. The Bertz CT molecular complexity index is 1820. The second kappa shape index (κ2) is 12.2. The van der Waals surface area contributed by atoms with Gasteiger partial charge in [0.2, 0.25) is 0 Å². The molecular formula is C29H24F6N4O6S. The highest BCUT2D eigenvalue weighted by molar-refractivity contribution is 7.88. The number of amides is 2. The number of carbonyl (C=O) groups is 2. The van der Waals surface area contributed by atoms with Crippen LogP contribution in [0.4, 0.5) is 42.5 Å². The first-order valence-corrected chi connectivity index (χ1v) is 14.7. The number of aliphatic carboxylic acids is 1. The fourth-order valence-electron chi connectivity index (χ4n) is 5.14. The summed E-state index contributed by atoms with van der Waals surface area (Å²) in [5.74, 6) is -3.04. The molecule has 1 fully saturated rings. The average Bonchev–Trinajstić information content (AvgIpc) is 2.94. The minimum absolute atomic E-state index is 0.0580. The Labute approximate surface area is 258 Å². The molecule has 1 aliphatic rings. The maximum absolute atomic E-state index is 13.2. The molecule has 0 bridgehead atoms. The number of anilines is 2. The van der Waals surface area contributed by atoms with Gasteiger partial charge >= 0.3 is 33.8 Å². The number of pyridine rings is 1. The second-order valence-electron chi connectivity index (χ2n) is 11.0. The van der Waals surface area contributed by atoms with E-state index in [2.05, 4.69) is 19.8 Å². The molecule has 0 aliphatic heterocycles. The fourth-order valence-corrected chi connectivity index (χ4v) is 5.56. The first-order valence-electron chi connectivity index (χ1n) is 13.3. The number of alkyl halides is 6. The summed E-state index contributed by atoms with van der Waals surface area (Å²) in [5.41, 5.74) is -8.00. The molecule has 2 aromatic carbocycles. The number of carboxylic acids is 1. The summed E-state index contributed by atoms with van der Waals surface area (Å²) >= 11 is 0. The summed E-state index contributed by atoms with van der Waals surface area (Å²) in [5, 5.41) is 23.7. The monoisotopic (exact) mass is 670 g/mol. The first-order chi connectivity index (χ1) is 21.2. The molecule has 3 aromatic rings. The van der Waals surface area contributed by atoms with Crippen molar-refractivity contribution in [3.8, 4) is 23.1 Å². The van der Waals surface area contributed by atoms with Crippen molar-refractivity contribution in [3.63, 3.8) is 0 Å². The van der Waals surface area contributed by atoms with Gasteiger partial charge in [0.05, 0.1) is 5.56 Å². The van der Waals surface area contributed by atoms with Crippen molar-refractivity contribution in [3.05, 3.63) is 71.4 Å². The number of halogens is 6. The van der Waals surface area contributed by atoms with Crippen LogP contribution in [0.3, 0.4) is 0 Å². The van der Waals surface area contributed by atoms with Gasteiger partial charge in [-0.15, -0.1) is 0 Å². The lowest BCUT2D eigenvalue weighted by Crippen LogP contribution is -2.44. The molecule has 46 heavy (non-hydrogen) atoms. The van der Waals surface area contributed by atoms with Crippen LogP contribution in [-0.2, 0) is 21.1 Å². The van der Waals surface area contributed by atoms with E-state index in [0.29, 0.717) is 0 Å². The number of nitrogens with zero attached hydrogens (tertiary/aromatic N) is 2. The van der Waals surface area contributed by atoms with Crippen LogP contribution in [0.15, 0.2) is 54.6 Å². The Morgan fingerprint density at radius 2 is 1.67 bits per heavy atom. The fraction of sp³-hybridized carbons (Fsp3) is 0.310. The van der Waals surface area contributed by atoms with Crippen LogP contribution in [0.1, 0.15) is 49.4 Å². The molecule has 0 saturated heterocycles. The third-order valence-electron chi connectivity index (χ3n) is 7.74. The van der Waals surface area contributed by atoms with Crippen molar-refractivity contribution < 1.29 is 53.6 Å². The zero-order chi connectivity index (χ0) is 34.2. The highest BCUT2D eigenvalue weighted by Crippen LogP contribution is 2.58. The molecule has 2 amide bonds. The van der Waals surface area contributed by atoms with Gasteiger partial charge in [0, 0.05) is 35.0 Å². The van der Waals surface area contributed by atoms with Crippen LogP contribution >= 0.6 is 0 Å². The number of hydrogen-bond acceptors (Lipinski definition) is 7. The normalized spacial score (nSPS) is 17.7. The predicted octanol–water partition coefficient (Wildman–Crippen LogP) is 7.12. The number of carboxylic acid groups (broad SMARTS) is 1. The van der Waals surface area contributed by atoms with E-state index >= 15 is 0 Å². The lowest BCUT2D eigenvalue weighted by Gasteiger charge is -2.51. The first kappa shape index (κ1) is 34.0. The summed E-state index contributed by atoms with van der Waals surface area (Å²) in [6.45, 7) is 3.46. The molecule has 1 heterocycles. The summed E-state index contributed by atoms with van der Waals surface area (Å²) in [4.78, 5) is 27.7. The molecule has 1 aliphatic carbocycles. The van der Waals surface area contributed by atoms with Gasteiger partial charge in [0.1, 0.15) is 11.6 Å². The number of nitriles is 1. The largest absolute Gasteiger partial charge is 0.534 e. The Hall–Kier alpha value is -4.85. The van der Waals surface area contributed by atoms with Crippen molar-refractivity contribution in [2.75, 3.05) is 10.6 Å². The third kappa shape index (κ3) is 7.17. The highest BCUT2D eigenvalue weighted by Gasteiger charge is 2.51. The molecule has 0 unspecified atom stereocenters. The van der Waals surface area contributed by atoms with Gasteiger partial charge in [-0.25, -0.2) is 9.78 Å². The molecule has 0 radical (unpaired) electrons. The third-order valence-corrected chi connectivity index (χ3v) is 8.68. The summed E-state index contributed by atoms with van der Waals surface area (Å²) in [6, 6.07) is 11.4. The van der Waals surface area contributed by atoms with Crippen LogP contribution < -0.4 is 14.8 Å². The lowest BCUT2D eigenvalue weighted by molar-refractivity contribution is -0.141. The standard InChI is InChI=1S/C29H24F6N4O6S/c1-27(2)17(12-24(40)41)11-22(27)23-13-20(21(14-36)25(39-23)45-46(43,44)29(33,34)35)15-6-8-18(9-7-15)37-26(42)38-19-5-3-4-16(10-19)28(30,31)32/h3-10,13,17,22H,11-12H2,1-2H3,(H,40,41)(H2,37,38,42)/t17-,22+/m0/s1. The average molecular weight is 671 g/mol. The summed E-state index contributed by atoms with van der Waals surface area (Å²) in [6.07, 6.45) is -4.56. The Kier molecular flexibility index (Phi) is 8.99. The number of aromatic nitrogens is 1. The Morgan fingerprint density at radius 3 is 2.22 bits per heavy atom. The summed E-state index contributed by atoms with van der Waals surface area (Å²) < 4.78 is 107.